The number of piperidine rings is 1. The lowest BCUT2D eigenvalue weighted by Crippen LogP contribution is -2.47. The normalized spacial score (nSPS) is 21.4. The van der Waals surface area contributed by atoms with Crippen molar-refractivity contribution >= 4 is 0 Å². The van der Waals surface area contributed by atoms with Gasteiger partial charge in [-0.1, -0.05) is 19.9 Å². The van der Waals surface area contributed by atoms with Crippen LogP contribution in [0.3, 0.4) is 0 Å². The fourth-order valence-corrected chi connectivity index (χ4v) is 2.70. The molecule has 1 aliphatic heterocycles. The van der Waals surface area contributed by atoms with Gasteiger partial charge in [0.15, 0.2) is 0 Å². The summed E-state index contributed by atoms with van der Waals surface area (Å²) in [7, 11) is 0. The number of hydrogen-bond donors (Lipinski definition) is 1. The summed E-state index contributed by atoms with van der Waals surface area (Å²) in [5, 5.41) is 3.65. The van der Waals surface area contributed by atoms with Crippen LogP contribution in [0.4, 0.5) is 0 Å². The molecule has 3 nitrogen and oxygen atoms in total. The molecule has 1 aromatic rings. The minimum atomic E-state index is 0.575. The van der Waals surface area contributed by atoms with E-state index in [1.807, 2.05) is 12.3 Å². The Labute approximate surface area is 111 Å². The molecule has 1 saturated heterocycles. The second-order valence-corrected chi connectivity index (χ2v) is 5.66. The smallest absolute Gasteiger partial charge is 0.0573 e. The molecule has 100 valence electrons. The van der Waals surface area contributed by atoms with Crippen molar-refractivity contribution in [1.82, 2.24) is 15.2 Å². The molecule has 0 saturated carbocycles. The third-order valence-electron chi connectivity index (χ3n) is 3.57. The van der Waals surface area contributed by atoms with Crippen LogP contribution < -0.4 is 5.32 Å². The molecular formula is C15H25N3. The molecule has 1 atom stereocenters. The molecular weight excluding hydrogens is 222 g/mol. The van der Waals surface area contributed by atoms with Gasteiger partial charge in [-0.05, 0) is 37.9 Å². The molecule has 1 aliphatic rings. The highest BCUT2D eigenvalue weighted by Gasteiger charge is 2.20. The lowest BCUT2D eigenvalue weighted by Gasteiger charge is -2.34. The van der Waals surface area contributed by atoms with Crippen LogP contribution in [0.2, 0.25) is 0 Å². The third kappa shape index (κ3) is 3.79. The van der Waals surface area contributed by atoms with E-state index in [1.165, 1.54) is 30.6 Å². The Bertz CT molecular complexity index is 376. The number of nitrogens with one attached hydrogen (secondary N) is 1. The highest BCUT2D eigenvalue weighted by Crippen LogP contribution is 2.14. The highest BCUT2D eigenvalue weighted by molar-refractivity contribution is 5.17. The van der Waals surface area contributed by atoms with Crippen LogP contribution in [0.25, 0.3) is 0 Å². The van der Waals surface area contributed by atoms with Gasteiger partial charge in [0, 0.05) is 31.4 Å². The first kappa shape index (κ1) is 13.5. The number of rotatable bonds is 4. The van der Waals surface area contributed by atoms with Gasteiger partial charge in [0.2, 0.25) is 0 Å². The molecule has 0 spiro atoms. The number of pyridine rings is 1. The Balaban J connectivity index is 1.91. The minimum absolute atomic E-state index is 0.575. The number of aromatic nitrogens is 1. The zero-order valence-corrected chi connectivity index (χ0v) is 11.8. The summed E-state index contributed by atoms with van der Waals surface area (Å²) in [6, 6.07) is 5.38. The summed E-state index contributed by atoms with van der Waals surface area (Å²) < 4.78 is 0. The first-order valence-electron chi connectivity index (χ1n) is 7.04. The molecule has 0 bridgehead atoms. The van der Waals surface area contributed by atoms with Gasteiger partial charge in [-0.15, -0.1) is 0 Å². The summed E-state index contributed by atoms with van der Waals surface area (Å²) in [6.07, 6.45) is 4.49. The maximum absolute atomic E-state index is 4.50. The molecule has 1 fully saturated rings. The quantitative estimate of drug-likeness (QED) is 0.885. The molecule has 1 unspecified atom stereocenters. The van der Waals surface area contributed by atoms with Gasteiger partial charge in [0.25, 0.3) is 0 Å². The lowest BCUT2D eigenvalue weighted by atomic mass is 10.0. The Morgan fingerprint density at radius 2 is 2.33 bits per heavy atom. The van der Waals surface area contributed by atoms with Crippen molar-refractivity contribution in [2.75, 3.05) is 13.1 Å². The standard InChI is InChI=1S/C15H25N3/c1-12(2)17-14-7-5-9-18(10-14)11-15-13(3)6-4-8-16-15/h4,6,8,12,14,17H,5,7,9-11H2,1-3H3. The molecule has 3 heteroatoms. The second kappa shape index (κ2) is 6.30. The van der Waals surface area contributed by atoms with E-state index < -0.39 is 0 Å². The fourth-order valence-electron chi connectivity index (χ4n) is 2.70. The van der Waals surface area contributed by atoms with Crippen molar-refractivity contribution in [3.05, 3.63) is 29.6 Å². The summed E-state index contributed by atoms with van der Waals surface area (Å²) in [6.45, 7) is 9.93. The summed E-state index contributed by atoms with van der Waals surface area (Å²) in [5.74, 6) is 0. The fraction of sp³-hybridized carbons (Fsp3) is 0.667. The van der Waals surface area contributed by atoms with E-state index in [0.29, 0.717) is 12.1 Å². The third-order valence-corrected chi connectivity index (χ3v) is 3.57. The van der Waals surface area contributed by atoms with Crippen molar-refractivity contribution < 1.29 is 0 Å². The SMILES string of the molecule is Cc1cccnc1CN1CCCC(NC(C)C)C1. The van der Waals surface area contributed by atoms with E-state index in [9.17, 15) is 0 Å². The molecule has 0 radical (unpaired) electrons. The second-order valence-electron chi connectivity index (χ2n) is 5.66. The molecule has 1 N–H and O–H groups in total. The number of likely N-dealkylation sites (tertiary alicyclic amines) is 1. The molecule has 2 heterocycles. The van der Waals surface area contributed by atoms with E-state index in [2.05, 4.69) is 42.0 Å². The first-order chi connectivity index (χ1) is 8.65. The van der Waals surface area contributed by atoms with Crippen LogP contribution in [-0.4, -0.2) is 35.1 Å². The van der Waals surface area contributed by atoms with Gasteiger partial charge in [0.1, 0.15) is 0 Å². The van der Waals surface area contributed by atoms with Crippen LogP contribution >= 0.6 is 0 Å². The lowest BCUT2D eigenvalue weighted by molar-refractivity contribution is 0.176. The van der Waals surface area contributed by atoms with Crippen LogP contribution in [0.5, 0.6) is 0 Å². The van der Waals surface area contributed by atoms with Crippen molar-refractivity contribution in [3.63, 3.8) is 0 Å². The van der Waals surface area contributed by atoms with Crippen molar-refractivity contribution in [2.24, 2.45) is 0 Å². The van der Waals surface area contributed by atoms with E-state index in [-0.39, 0.29) is 0 Å². The van der Waals surface area contributed by atoms with Crippen LogP contribution in [0.1, 0.15) is 37.9 Å². The van der Waals surface area contributed by atoms with E-state index >= 15 is 0 Å². The molecule has 0 aromatic carbocycles. The Morgan fingerprint density at radius 1 is 1.50 bits per heavy atom. The number of nitrogens with zero attached hydrogens (tertiary/aromatic N) is 2. The highest BCUT2D eigenvalue weighted by atomic mass is 15.2. The van der Waals surface area contributed by atoms with Crippen LogP contribution in [0.15, 0.2) is 18.3 Å². The molecule has 2 rings (SSSR count). The molecule has 0 amide bonds. The average molecular weight is 247 g/mol. The maximum atomic E-state index is 4.50. The topological polar surface area (TPSA) is 28.2 Å². The maximum Gasteiger partial charge on any atom is 0.0573 e. The molecule has 18 heavy (non-hydrogen) atoms. The van der Waals surface area contributed by atoms with Crippen molar-refractivity contribution in [1.29, 1.82) is 0 Å². The van der Waals surface area contributed by atoms with Gasteiger partial charge in [-0.3, -0.25) is 9.88 Å². The predicted molar refractivity (Wildman–Crippen MR) is 75.5 cm³/mol. The Morgan fingerprint density at radius 3 is 3.06 bits per heavy atom. The monoisotopic (exact) mass is 247 g/mol. The molecule has 1 aromatic heterocycles. The van der Waals surface area contributed by atoms with Gasteiger partial charge >= 0.3 is 0 Å². The Kier molecular flexibility index (Phi) is 4.72. The summed E-state index contributed by atoms with van der Waals surface area (Å²) >= 11 is 0. The number of aryl methyl sites for hydroxylation is 1. The van der Waals surface area contributed by atoms with E-state index in [4.69, 9.17) is 0 Å². The predicted octanol–water partition coefficient (Wildman–Crippen LogP) is 2.35. The zero-order valence-electron chi connectivity index (χ0n) is 11.8. The Hall–Kier alpha value is -0.930. The van der Waals surface area contributed by atoms with Gasteiger partial charge in [-0.2, -0.15) is 0 Å². The molecule has 0 aliphatic carbocycles. The number of hydrogen-bond acceptors (Lipinski definition) is 3. The van der Waals surface area contributed by atoms with Gasteiger partial charge in [0.05, 0.1) is 5.69 Å². The zero-order chi connectivity index (χ0) is 13.0. The van der Waals surface area contributed by atoms with Crippen molar-refractivity contribution in [3.8, 4) is 0 Å². The van der Waals surface area contributed by atoms with Gasteiger partial charge < -0.3 is 5.32 Å². The average Bonchev–Trinajstić information content (AvgIpc) is 2.32. The summed E-state index contributed by atoms with van der Waals surface area (Å²) in [5.41, 5.74) is 2.53. The van der Waals surface area contributed by atoms with Crippen LogP contribution in [-0.2, 0) is 6.54 Å². The van der Waals surface area contributed by atoms with Crippen molar-refractivity contribution in [2.45, 2.75) is 52.2 Å². The largest absolute Gasteiger partial charge is 0.311 e. The minimum Gasteiger partial charge on any atom is -0.311 e. The van der Waals surface area contributed by atoms with Gasteiger partial charge in [-0.25, -0.2) is 0 Å². The van der Waals surface area contributed by atoms with E-state index in [1.54, 1.807) is 0 Å². The summed E-state index contributed by atoms with van der Waals surface area (Å²) in [4.78, 5) is 7.02. The van der Waals surface area contributed by atoms with E-state index in [0.717, 1.165) is 13.1 Å². The first-order valence-corrected chi connectivity index (χ1v) is 7.04. The van der Waals surface area contributed by atoms with Crippen LogP contribution in [0, 0.1) is 6.92 Å².